The molecule has 0 saturated carbocycles. The van der Waals surface area contributed by atoms with Crippen LogP contribution in [0, 0.1) is 5.92 Å². The second kappa shape index (κ2) is 6.42. The predicted octanol–water partition coefficient (Wildman–Crippen LogP) is 1.61. The number of amides is 2. The highest BCUT2D eigenvalue weighted by Crippen LogP contribution is 2.42. The zero-order valence-corrected chi connectivity index (χ0v) is 15.2. The van der Waals surface area contributed by atoms with Crippen LogP contribution in [0.15, 0.2) is 23.0 Å². The first kappa shape index (κ1) is 18.1. The van der Waals surface area contributed by atoms with E-state index in [1.807, 2.05) is 6.07 Å². The monoisotopic (exact) mass is 379 g/mol. The summed E-state index contributed by atoms with van der Waals surface area (Å²) in [5, 5.41) is 0. The van der Waals surface area contributed by atoms with E-state index in [0.29, 0.717) is 19.5 Å². The molecule has 146 valence electrons. The molecule has 0 aliphatic carbocycles. The minimum Gasteiger partial charge on any atom is -0.342 e. The second-order valence-corrected chi connectivity index (χ2v) is 7.90. The van der Waals surface area contributed by atoms with Gasteiger partial charge in [0.05, 0.1) is 0 Å². The molecule has 2 saturated heterocycles. The van der Waals surface area contributed by atoms with Crippen molar-refractivity contribution in [1.82, 2.24) is 14.4 Å². The summed E-state index contributed by atoms with van der Waals surface area (Å²) in [4.78, 5) is 41.0. The Morgan fingerprint density at radius 2 is 1.81 bits per heavy atom. The molecular weight excluding hydrogens is 356 g/mol. The van der Waals surface area contributed by atoms with Crippen molar-refractivity contribution in [1.29, 1.82) is 0 Å². The SMILES string of the molecule is CC(=O)N1C[C@H]2C[C@@H](C1)[C@H](C(=O)N1CCC(F)(F)CC1)n1c2cccc1=O. The van der Waals surface area contributed by atoms with Crippen LogP contribution in [0.3, 0.4) is 0 Å². The fourth-order valence-electron chi connectivity index (χ4n) is 4.75. The van der Waals surface area contributed by atoms with Gasteiger partial charge < -0.3 is 9.80 Å². The molecule has 3 aliphatic rings. The Kier molecular flexibility index (Phi) is 4.31. The van der Waals surface area contributed by atoms with Crippen molar-refractivity contribution >= 4 is 11.8 Å². The van der Waals surface area contributed by atoms with Gasteiger partial charge in [0.15, 0.2) is 0 Å². The number of rotatable bonds is 1. The van der Waals surface area contributed by atoms with E-state index in [1.54, 1.807) is 15.5 Å². The highest BCUT2D eigenvalue weighted by Gasteiger charge is 2.46. The van der Waals surface area contributed by atoms with E-state index in [0.717, 1.165) is 5.69 Å². The number of carbonyl (C=O) groups is 2. The lowest BCUT2D eigenvalue weighted by Gasteiger charge is -2.47. The Morgan fingerprint density at radius 1 is 1.11 bits per heavy atom. The molecule has 6 nitrogen and oxygen atoms in total. The van der Waals surface area contributed by atoms with E-state index >= 15 is 0 Å². The fourth-order valence-corrected chi connectivity index (χ4v) is 4.75. The molecule has 4 heterocycles. The molecule has 1 aromatic rings. The lowest BCUT2D eigenvalue weighted by atomic mass is 9.77. The number of aromatic nitrogens is 1. The quantitative estimate of drug-likeness (QED) is 0.745. The van der Waals surface area contributed by atoms with Gasteiger partial charge in [0, 0.05) is 69.5 Å². The van der Waals surface area contributed by atoms with Crippen LogP contribution in [-0.4, -0.2) is 58.3 Å². The molecule has 8 heteroatoms. The maximum absolute atomic E-state index is 13.5. The van der Waals surface area contributed by atoms with Crippen LogP contribution in [-0.2, 0) is 9.59 Å². The van der Waals surface area contributed by atoms with Gasteiger partial charge in [-0.05, 0) is 12.5 Å². The summed E-state index contributed by atoms with van der Waals surface area (Å²) in [5.74, 6) is -3.25. The van der Waals surface area contributed by atoms with E-state index in [4.69, 9.17) is 0 Å². The highest BCUT2D eigenvalue weighted by atomic mass is 19.3. The molecule has 0 N–H and O–H groups in total. The Balaban J connectivity index is 1.70. The standard InChI is InChI=1S/C19H23F2N3O3/c1-12(25)23-10-13-9-14(11-23)17(24-15(13)3-2-4-16(24)26)18(27)22-7-5-19(20,21)6-8-22/h2-4,13-14,17H,5-11H2,1H3/t13-,14+,17-/m1/s1. The summed E-state index contributed by atoms with van der Waals surface area (Å²) in [6.45, 7) is 2.43. The minimum absolute atomic E-state index is 0.00811. The van der Waals surface area contributed by atoms with Gasteiger partial charge in [-0.25, -0.2) is 8.78 Å². The molecule has 3 atom stereocenters. The van der Waals surface area contributed by atoms with E-state index in [1.165, 1.54) is 17.9 Å². The maximum atomic E-state index is 13.5. The van der Waals surface area contributed by atoms with Crippen LogP contribution < -0.4 is 5.56 Å². The summed E-state index contributed by atoms with van der Waals surface area (Å²) >= 11 is 0. The Morgan fingerprint density at radius 3 is 2.48 bits per heavy atom. The minimum atomic E-state index is -2.74. The molecule has 0 spiro atoms. The Hall–Kier alpha value is -2.25. The third-order valence-corrected chi connectivity index (χ3v) is 6.15. The highest BCUT2D eigenvalue weighted by molar-refractivity contribution is 5.82. The summed E-state index contributed by atoms with van der Waals surface area (Å²) in [6, 6.07) is 4.19. The summed E-state index contributed by atoms with van der Waals surface area (Å²) < 4.78 is 28.5. The molecular formula is C19H23F2N3O3. The molecule has 0 aromatic carbocycles. The first-order chi connectivity index (χ1) is 12.8. The number of alkyl halides is 2. The van der Waals surface area contributed by atoms with Crippen LogP contribution in [0.1, 0.15) is 43.8 Å². The topological polar surface area (TPSA) is 62.6 Å². The zero-order chi connectivity index (χ0) is 19.3. The van der Waals surface area contributed by atoms with Crippen molar-refractivity contribution < 1.29 is 18.4 Å². The number of piperidine rings is 2. The molecule has 3 aliphatic heterocycles. The molecule has 27 heavy (non-hydrogen) atoms. The Bertz CT molecular complexity index is 828. The normalized spacial score (nSPS) is 29.2. The van der Waals surface area contributed by atoms with Crippen molar-refractivity contribution in [3.05, 3.63) is 34.2 Å². The molecule has 4 rings (SSSR count). The van der Waals surface area contributed by atoms with Crippen molar-refractivity contribution in [2.75, 3.05) is 26.2 Å². The lowest BCUT2D eigenvalue weighted by Crippen LogP contribution is -2.55. The fraction of sp³-hybridized carbons (Fsp3) is 0.632. The molecule has 0 radical (unpaired) electrons. The van der Waals surface area contributed by atoms with Crippen molar-refractivity contribution in [2.45, 2.75) is 44.1 Å². The number of hydrogen-bond acceptors (Lipinski definition) is 3. The number of likely N-dealkylation sites (tertiary alicyclic amines) is 2. The van der Waals surface area contributed by atoms with Gasteiger partial charge >= 0.3 is 0 Å². The van der Waals surface area contributed by atoms with Crippen LogP contribution in [0.4, 0.5) is 8.78 Å². The average molecular weight is 379 g/mol. The number of hydrogen-bond donors (Lipinski definition) is 0. The average Bonchev–Trinajstić information content (AvgIpc) is 2.62. The Labute approximate surface area is 155 Å². The van der Waals surface area contributed by atoms with Gasteiger partial charge in [-0.3, -0.25) is 19.0 Å². The van der Waals surface area contributed by atoms with Crippen LogP contribution in [0.25, 0.3) is 0 Å². The first-order valence-corrected chi connectivity index (χ1v) is 9.40. The summed E-state index contributed by atoms with van der Waals surface area (Å²) in [6.07, 6.45) is 0.0113. The van der Waals surface area contributed by atoms with Gasteiger partial charge in [0.2, 0.25) is 11.8 Å². The van der Waals surface area contributed by atoms with E-state index < -0.39 is 12.0 Å². The number of halogens is 2. The van der Waals surface area contributed by atoms with E-state index in [-0.39, 0.29) is 55.1 Å². The lowest BCUT2D eigenvalue weighted by molar-refractivity contribution is -0.146. The third kappa shape index (κ3) is 3.15. The summed E-state index contributed by atoms with van der Waals surface area (Å²) in [7, 11) is 0. The van der Waals surface area contributed by atoms with Crippen molar-refractivity contribution in [2.24, 2.45) is 5.92 Å². The van der Waals surface area contributed by atoms with Gasteiger partial charge in [0.25, 0.3) is 11.5 Å². The molecule has 0 unspecified atom stereocenters. The smallest absolute Gasteiger partial charge is 0.251 e. The van der Waals surface area contributed by atoms with Crippen molar-refractivity contribution in [3.8, 4) is 0 Å². The number of pyridine rings is 1. The molecule has 2 bridgehead atoms. The molecule has 2 amide bonds. The number of fused-ring (bicyclic) bond motifs is 4. The second-order valence-electron chi connectivity index (χ2n) is 7.90. The molecule has 1 aromatic heterocycles. The van der Waals surface area contributed by atoms with Crippen LogP contribution in [0.2, 0.25) is 0 Å². The first-order valence-electron chi connectivity index (χ1n) is 9.40. The maximum Gasteiger partial charge on any atom is 0.251 e. The van der Waals surface area contributed by atoms with Gasteiger partial charge in [-0.1, -0.05) is 6.07 Å². The zero-order valence-electron chi connectivity index (χ0n) is 15.2. The van der Waals surface area contributed by atoms with Gasteiger partial charge in [-0.15, -0.1) is 0 Å². The largest absolute Gasteiger partial charge is 0.342 e. The van der Waals surface area contributed by atoms with Gasteiger partial charge in [-0.2, -0.15) is 0 Å². The van der Waals surface area contributed by atoms with E-state index in [2.05, 4.69) is 0 Å². The van der Waals surface area contributed by atoms with Crippen LogP contribution in [0.5, 0.6) is 0 Å². The number of nitrogens with zero attached hydrogens (tertiary/aromatic N) is 3. The van der Waals surface area contributed by atoms with Crippen molar-refractivity contribution in [3.63, 3.8) is 0 Å². The van der Waals surface area contributed by atoms with Crippen LogP contribution >= 0.6 is 0 Å². The predicted molar refractivity (Wildman–Crippen MR) is 93.6 cm³/mol. The van der Waals surface area contributed by atoms with Gasteiger partial charge in [0.1, 0.15) is 6.04 Å². The summed E-state index contributed by atoms with van der Waals surface area (Å²) in [5.41, 5.74) is 0.504. The third-order valence-electron chi connectivity index (χ3n) is 6.15. The number of carbonyl (C=O) groups excluding carboxylic acids is 2. The molecule has 2 fully saturated rings. The van der Waals surface area contributed by atoms with E-state index in [9.17, 15) is 23.2 Å².